The molecule has 1 saturated carbocycles. The van der Waals surface area contributed by atoms with Gasteiger partial charge in [-0.3, -0.25) is 0 Å². The maximum absolute atomic E-state index is 15.3. The van der Waals surface area contributed by atoms with E-state index in [4.69, 9.17) is 19.7 Å². The largest absolute Gasteiger partial charge is 0.462 e. The average molecular weight is 649 g/mol. The van der Waals surface area contributed by atoms with Crippen LogP contribution >= 0.6 is 0 Å². The quantitative estimate of drug-likeness (QED) is 0.0799. The minimum atomic E-state index is -1.20. The first-order chi connectivity index (χ1) is 22.0. The third-order valence-corrected chi connectivity index (χ3v) is 8.74. The fourth-order valence-corrected chi connectivity index (χ4v) is 5.81. The zero-order valence-electron chi connectivity index (χ0n) is 26.4. The Morgan fingerprint density at radius 2 is 1.35 bits per heavy atom. The number of carbonyl (C=O) groups excluding carboxylic acids is 2. The molecule has 0 atom stereocenters. The Balaban J connectivity index is 1.62. The van der Waals surface area contributed by atoms with E-state index in [1.54, 1.807) is 0 Å². The van der Waals surface area contributed by atoms with Crippen molar-refractivity contribution in [3.05, 3.63) is 83.0 Å². The first kappa shape index (κ1) is 37.0. The van der Waals surface area contributed by atoms with Gasteiger partial charge in [0.05, 0.1) is 37.6 Å². The van der Waals surface area contributed by atoms with E-state index < -0.39 is 48.4 Å². The molecule has 3 rings (SSSR count). The van der Waals surface area contributed by atoms with Gasteiger partial charge in [0.25, 0.3) is 0 Å². The SMILES string of the molecule is C=C(CO)C(=O)OCC(CCC1CCC(c2ccc(-c3ccc(CCCCC)c(F)c3F)c(F)c2F)CC1)COC(=O)C(=C)CO. The molecule has 0 amide bonds. The van der Waals surface area contributed by atoms with Crippen LogP contribution < -0.4 is 0 Å². The maximum Gasteiger partial charge on any atom is 0.335 e. The Bertz CT molecular complexity index is 1350. The zero-order valence-corrected chi connectivity index (χ0v) is 26.4. The van der Waals surface area contributed by atoms with E-state index in [-0.39, 0.29) is 64.4 Å². The van der Waals surface area contributed by atoms with E-state index in [1.165, 1.54) is 24.3 Å². The normalized spacial score (nSPS) is 16.3. The lowest BCUT2D eigenvalue weighted by atomic mass is 9.76. The van der Waals surface area contributed by atoms with Crippen molar-refractivity contribution in [2.45, 2.75) is 77.0 Å². The Labute approximate surface area is 268 Å². The number of unbranched alkanes of at least 4 members (excludes halogenated alkanes) is 2. The van der Waals surface area contributed by atoms with Crippen molar-refractivity contribution in [1.82, 2.24) is 0 Å². The molecule has 6 nitrogen and oxygen atoms in total. The summed E-state index contributed by atoms with van der Waals surface area (Å²) < 4.78 is 70.7. The summed E-state index contributed by atoms with van der Waals surface area (Å²) in [4.78, 5) is 23.9. The predicted octanol–water partition coefficient (Wildman–Crippen LogP) is 7.50. The van der Waals surface area contributed by atoms with Crippen molar-refractivity contribution < 1.29 is 46.8 Å². The number of benzene rings is 2. The third kappa shape index (κ3) is 9.75. The second-order valence-electron chi connectivity index (χ2n) is 12.1. The molecule has 1 aliphatic rings. The number of halogens is 4. The Kier molecular flexibility index (Phi) is 14.5. The summed E-state index contributed by atoms with van der Waals surface area (Å²) in [5.74, 6) is -6.34. The minimum absolute atomic E-state index is 0.0744. The zero-order chi connectivity index (χ0) is 33.8. The molecule has 2 aromatic rings. The number of ether oxygens (including phenoxy) is 2. The van der Waals surface area contributed by atoms with E-state index in [1.807, 2.05) is 6.92 Å². The molecule has 1 fully saturated rings. The lowest BCUT2D eigenvalue weighted by Gasteiger charge is -2.30. The lowest BCUT2D eigenvalue weighted by Crippen LogP contribution is -2.24. The first-order valence-corrected chi connectivity index (χ1v) is 15.9. The van der Waals surface area contributed by atoms with Crippen LogP contribution in [0.4, 0.5) is 17.6 Å². The number of rotatable bonds is 17. The van der Waals surface area contributed by atoms with Crippen LogP contribution in [0.5, 0.6) is 0 Å². The smallest absolute Gasteiger partial charge is 0.335 e. The van der Waals surface area contributed by atoms with Crippen LogP contribution in [-0.2, 0) is 25.5 Å². The molecular weight excluding hydrogens is 604 g/mol. The van der Waals surface area contributed by atoms with Crippen LogP contribution in [0.15, 0.2) is 48.6 Å². The molecule has 0 unspecified atom stereocenters. The van der Waals surface area contributed by atoms with Gasteiger partial charge in [0.15, 0.2) is 23.3 Å². The van der Waals surface area contributed by atoms with Crippen LogP contribution in [0.3, 0.4) is 0 Å². The molecule has 0 aromatic heterocycles. The van der Waals surface area contributed by atoms with Crippen molar-refractivity contribution in [3.8, 4) is 11.1 Å². The number of hydrogen-bond donors (Lipinski definition) is 2. The highest BCUT2D eigenvalue weighted by molar-refractivity contribution is 5.88. The van der Waals surface area contributed by atoms with Gasteiger partial charge in [0, 0.05) is 17.0 Å². The van der Waals surface area contributed by atoms with Gasteiger partial charge >= 0.3 is 11.9 Å². The van der Waals surface area contributed by atoms with E-state index in [9.17, 15) is 18.4 Å². The van der Waals surface area contributed by atoms with Crippen molar-refractivity contribution in [1.29, 1.82) is 0 Å². The highest BCUT2D eigenvalue weighted by atomic mass is 19.2. The Morgan fingerprint density at radius 1 is 0.804 bits per heavy atom. The number of esters is 2. The van der Waals surface area contributed by atoms with Crippen molar-refractivity contribution in [2.24, 2.45) is 11.8 Å². The molecule has 0 bridgehead atoms. The number of aryl methyl sites for hydroxylation is 1. The molecule has 2 N–H and O–H groups in total. The average Bonchev–Trinajstić information content (AvgIpc) is 3.07. The maximum atomic E-state index is 15.3. The molecule has 1 aliphatic carbocycles. The van der Waals surface area contributed by atoms with Gasteiger partial charge in [0.1, 0.15) is 0 Å². The number of aliphatic hydroxyl groups is 2. The predicted molar refractivity (Wildman–Crippen MR) is 167 cm³/mol. The molecular formula is C36H44F4O6. The highest BCUT2D eigenvalue weighted by Gasteiger charge is 2.28. The molecule has 0 heterocycles. The van der Waals surface area contributed by atoms with Crippen LogP contribution in [0.1, 0.15) is 81.8 Å². The minimum Gasteiger partial charge on any atom is -0.462 e. The van der Waals surface area contributed by atoms with Gasteiger partial charge in [-0.2, -0.15) is 0 Å². The van der Waals surface area contributed by atoms with E-state index >= 15 is 8.78 Å². The van der Waals surface area contributed by atoms with Gasteiger partial charge in [-0.25, -0.2) is 27.2 Å². The summed E-state index contributed by atoms with van der Waals surface area (Å²) in [5.41, 5.74) is -0.404. The van der Waals surface area contributed by atoms with Crippen LogP contribution in [-0.4, -0.2) is 48.6 Å². The topological polar surface area (TPSA) is 93.1 Å². The lowest BCUT2D eigenvalue weighted by molar-refractivity contribution is -0.144. The highest BCUT2D eigenvalue weighted by Crippen LogP contribution is 2.41. The van der Waals surface area contributed by atoms with Gasteiger partial charge in [-0.1, -0.05) is 57.2 Å². The van der Waals surface area contributed by atoms with Crippen LogP contribution in [0.2, 0.25) is 0 Å². The van der Waals surface area contributed by atoms with E-state index in [0.29, 0.717) is 38.5 Å². The van der Waals surface area contributed by atoms with Gasteiger partial charge in [-0.05, 0) is 74.3 Å². The monoisotopic (exact) mass is 648 g/mol. The molecule has 0 saturated heterocycles. The standard InChI is InChI=1S/C36H44F4O6/c1-4-5-6-7-27-14-15-29(33(39)31(27)37)30-17-16-28(32(38)34(30)40)26-12-10-24(11-13-26)8-9-25(20-45-35(43)22(2)18-41)21-46-36(44)23(3)19-42/h14-17,24-26,41-42H,2-13,18-21H2,1H3. The fourth-order valence-electron chi connectivity index (χ4n) is 5.81. The molecule has 10 heteroatoms. The van der Waals surface area contributed by atoms with Crippen LogP contribution in [0.25, 0.3) is 11.1 Å². The molecule has 2 aromatic carbocycles. The first-order valence-electron chi connectivity index (χ1n) is 15.9. The summed E-state index contributed by atoms with van der Waals surface area (Å²) in [6.45, 7) is 7.63. The van der Waals surface area contributed by atoms with E-state index in [0.717, 1.165) is 25.7 Å². The molecule has 0 spiro atoms. The summed E-state index contributed by atoms with van der Waals surface area (Å²) in [6.07, 6.45) is 6.77. The Hall–Kier alpha value is -3.50. The van der Waals surface area contributed by atoms with Gasteiger partial charge in [-0.15, -0.1) is 0 Å². The number of hydrogen-bond acceptors (Lipinski definition) is 6. The summed E-state index contributed by atoms with van der Waals surface area (Å²) in [7, 11) is 0. The second kappa shape index (κ2) is 18.0. The van der Waals surface area contributed by atoms with Gasteiger partial charge < -0.3 is 19.7 Å². The number of aliphatic hydroxyl groups excluding tert-OH is 2. The summed E-state index contributed by atoms with van der Waals surface area (Å²) in [6, 6.07) is 5.53. The Morgan fingerprint density at radius 3 is 1.89 bits per heavy atom. The van der Waals surface area contributed by atoms with Gasteiger partial charge in [0.2, 0.25) is 0 Å². The second-order valence-corrected chi connectivity index (χ2v) is 12.1. The van der Waals surface area contributed by atoms with Crippen LogP contribution in [0, 0.1) is 35.1 Å². The molecule has 46 heavy (non-hydrogen) atoms. The van der Waals surface area contributed by atoms with Crippen molar-refractivity contribution >= 4 is 11.9 Å². The number of carbonyl (C=O) groups is 2. The fraction of sp³-hybridized carbons (Fsp3) is 0.500. The molecule has 0 aliphatic heterocycles. The van der Waals surface area contributed by atoms with E-state index in [2.05, 4.69) is 13.2 Å². The summed E-state index contributed by atoms with van der Waals surface area (Å²) >= 11 is 0. The summed E-state index contributed by atoms with van der Waals surface area (Å²) in [5, 5.41) is 18.2. The van der Waals surface area contributed by atoms with Crippen molar-refractivity contribution in [2.75, 3.05) is 26.4 Å². The third-order valence-electron chi connectivity index (χ3n) is 8.74. The van der Waals surface area contributed by atoms with Crippen molar-refractivity contribution in [3.63, 3.8) is 0 Å². The molecule has 0 radical (unpaired) electrons. The molecule has 252 valence electrons.